The predicted octanol–water partition coefficient (Wildman–Crippen LogP) is 12.1. The van der Waals surface area contributed by atoms with Gasteiger partial charge in [-0.1, -0.05) is 121 Å². The fraction of sp³-hybridized carbons (Fsp3) is 0.216. The van der Waals surface area contributed by atoms with Crippen LogP contribution in [0.2, 0.25) is 0 Å². The van der Waals surface area contributed by atoms with Gasteiger partial charge in [-0.05, 0) is 126 Å². The summed E-state index contributed by atoms with van der Waals surface area (Å²) in [6.07, 6.45) is 6.66. The zero-order valence-electron chi connectivity index (χ0n) is 30.9. The Kier molecular flexibility index (Phi) is 7.29. The topological polar surface area (TPSA) is 62.5 Å². The lowest BCUT2D eigenvalue weighted by Gasteiger charge is -2.61. The molecule has 4 nitrogen and oxygen atoms in total. The minimum atomic E-state index is -0.0139. The van der Waals surface area contributed by atoms with Crippen LogP contribution in [-0.2, 0) is 5.41 Å². The normalized spacial score (nSPS) is 22.7. The number of rotatable bonds is 5. The molecule has 4 saturated carbocycles. The second kappa shape index (κ2) is 12.4. The van der Waals surface area contributed by atoms with E-state index in [-0.39, 0.29) is 5.41 Å². The fourth-order valence-corrected chi connectivity index (χ4v) is 11.5. The van der Waals surface area contributed by atoms with Crippen LogP contribution in [0.15, 0.2) is 140 Å². The van der Waals surface area contributed by atoms with Gasteiger partial charge in [-0.3, -0.25) is 0 Å². The van der Waals surface area contributed by atoms with Gasteiger partial charge in [0.2, 0.25) is 0 Å². The molecule has 0 saturated heterocycles. The summed E-state index contributed by atoms with van der Waals surface area (Å²) in [7, 11) is 0. The molecule has 55 heavy (non-hydrogen) atoms. The van der Waals surface area contributed by atoms with E-state index in [0.29, 0.717) is 29.3 Å². The van der Waals surface area contributed by atoms with E-state index in [1.807, 2.05) is 24.3 Å². The summed E-state index contributed by atoms with van der Waals surface area (Å²) in [5.74, 6) is 4.95. The van der Waals surface area contributed by atoms with Crippen LogP contribution < -0.4 is 0 Å². The van der Waals surface area contributed by atoms with E-state index in [2.05, 4.69) is 128 Å². The Morgan fingerprint density at radius 2 is 1.05 bits per heavy atom. The highest BCUT2D eigenvalue weighted by molar-refractivity contribution is 5.91. The highest BCUT2D eigenvalue weighted by atomic mass is 15.0. The molecule has 5 aliphatic rings. The lowest BCUT2D eigenvalue weighted by Crippen LogP contribution is -2.55. The molecule has 6 aromatic carbocycles. The van der Waals surface area contributed by atoms with Gasteiger partial charge in [0.1, 0.15) is 0 Å². The monoisotopic (exact) mass is 708 g/mol. The molecule has 0 aliphatic heterocycles. The van der Waals surface area contributed by atoms with E-state index in [9.17, 15) is 5.26 Å². The summed E-state index contributed by atoms with van der Waals surface area (Å²) >= 11 is 0. The molecule has 5 aliphatic carbocycles. The first-order chi connectivity index (χ1) is 27.1. The third-order valence-corrected chi connectivity index (χ3v) is 13.4. The van der Waals surface area contributed by atoms with Crippen molar-refractivity contribution in [3.63, 3.8) is 0 Å². The van der Waals surface area contributed by atoms with Crippen LogP contribution in [0.4, 0.5) is 0 Å². The van der Waals surface area contributed by atoms with Crippen molar-refractivity contribution >= 4 is 0 Å². The van der Waals surface area contributed by atoms with Gasteiger partial charge in [0.15, 0.2) is 17.5 Å². The third-order valence-electron chi connectivity index (χ3n) is 13.4. The maximum absolute atomic E-state index is 10.4. The van der Waals surface area contributed by atoms with E-state index in [0.717, 1.165) is 45.2 Å². The molecule has 4 heteroatoms. The lowest BCUT2D eigenvalue weighted by atomic mass is 9.43. The molecule has 7 aromatic rings. The molecule has 0 radical (unpaired) electrons. The highest BCUT2D eigenvalue weighted by Crippen LogP contribution is 2.69. The standard InChI is InChI=1S/C51H40N4/c1-31-10-7-14-37(22-31)49-53-48(34-11-3-2-4-12-34)54-50(55-49)38-15-8-13-35(28-38)42-17-5-6-18-43(42)36-20-21-44-46(29-36)51(45-19-9-16-39(30-52)47(44)45)40-24-32-23-33(26-40)27-41(51)25-32/h2-22,28-29,32-33,40-41H,23-27H2,1H3. The predicted molar refractivity (Wildman–Crippen MR) is 220 cm³/mol. The number of nitriles is 1. The summed E-state index contributed by atoms with van der Waals surface area (Å²) in [6, 6.07) is 52.2. The molecule has 0 atom stereocenters. The summed E-state index contributed by atoms with van der Waals surface area (Å²) in [5.41, 5.74) is 14.9. The summed E-state index contributed by atoms with van der Waals surface area (Å²) in [4.78, 5) is 15.1. The molecular formula is C51H40N4. The molecule has 0 unspecified atom stereocenters. The van der Waals surface area contributed by atoms with E-state index >= 15 is 0 Å². The van der Waals surface area contributed by atoms with Crippen LogP contribution in [0.3, 0.4) is 0 Å². The van der Waals surface area contributed by atoms with Crippen molar-refractivity contribution in [3.05, 3.63) is 162 Å². The Labute approximate surface area is 322 Å². The molecule has 1 spiro atoms. The summed E-state index contributed by atoms with van der Waals surface area (Å²) in [6.45, 7) is 2.09. The van der Waals surface area contributed by atoms with Gasteiger partial charge in [-0.25, -0.2) is 15.0 Å². The first-order valence-corrected chi connectivity index (χ1v) is 19.8. The highest BCUT2D eigenvalue weighted by Gasteiger charge is 2.61. The number of hydrogen-bond acceptors (Lipinski definition) is 4. The van der Waals surface area contributed by atoms with E-state index in [4.69, 9.17) is 15.0 Å². The zero-order valence-corrected chi connectivity index (χ0v) is 30.9. The zero-order chi connectivity index (χ0) is 36.7. The van der Waals surface area contributed by atoms with Crippen molar-refractivity contribution in [2.75, 3.05) is 0 Å². The minimum Gasteiger partial charge on any atom is -0.208 e. The fourth-order valence-electron chi connectivity index (χ4n) is 11.5. The number of hydrogen-bond donors (Lipinski definition) is 0. The van der Waals surface area contributed by atoms with Gasteiger partial charge < -0.3 is 0 Å². The molecule has 0 N–H and O–H groups in total. The van der Waals surface area contributed by atoms with Crippen LogP contribution in [0.25, 0.3) is 67.5 Å². The smallest absolute Gasteiger partial charge is 0.164 e. The average Bonchev–Trinajstić information content (AvgIpc) is 3.53. The maximum atomic E-state index is 10.4. The molecule has 264 valence electrons. The Bertz CT molecular complexity index is 2680. The molecule has 4 bridgehead atoms. The second-order valence-electron chi connectivity index (χ2n) is 16.4. The lowest BCUT2D eigenvalue weighted by molar-refractivity contribution is -0.0399. The van der Waals surface area contributed by atoms with Gasteiger partial charge in [0.25, 0.3) is 0 Å². The largest absolute Gasteiger partial charge is 0.208 e. The van der Waals surface area contributed by atoms with E-state index in [1.54, 1.807) is 0 Å². The first kappa shape index (κ1) is 32.3. The quantitative estimate of drug-likeness (QED) is 0.179. The maximum Gasteiger partial charge on any atom is 0.164 e. The van der Waals surface area contributed by atoms with Crippen molar-refractivity contribution in [2.45, 2.75) is 44.4 Å². The Hall–Kier alpha value is -6.18. The van der Waals surface area contributed by atoms with Gasteiger partial charge in [0.05, 0.1) is 11.6 Å². The van der Waals surface area contributed by atoms with Crippen LogP contribution in [0.1, 0.15) is 54.4 Å². The van der Waals surface area contributed by atoms with Crippen molar-refractivity contribution < 1.29 is 0 Å². The molecule has 1 aromatic heterocycles. The molecule has 0 amide bonds. The Morgan fingerprint density at radius 1 is 0.491 bits per heavy atom. The summed E-state index contributed by atoms with van der Waals surface area (Å²) < 4.78 is 0. The van der Waals surface area contributed by atoms with Gasteiger partial charge in [0, 0.05) is 27.7 Å². The van der Waals surface area contributed by atoms with Crippen LogP contribution in [0.5, 0.6) is 0 Å². The third kappa shape index (κ3) is 4.99. The Morgan fingerprint density at radius 3 is 1.73 bits per heavy atom. The van der Waals surface area contributed by atoms with Crippen molar-refractivity contribution in [1.29, 1.82) is 5.26 Å². The molecule has 12 rings (SSSR count). The van der Waals surface area contributed by atoms with E-state index < -0.39 is 0 Å². The SMILES string of the molecule is Cc1cccc(-c2nc(-c3ccccc3)nc(-c3cccc(-c4ccccc4-c4ccc5c(c4)C4(c6cccc(C#N)c6-5)C5CC6CC(C5)CC4C6)c3)n2)c1. The van der Waals surface area contributed by atoms with Crippen LogP contribution in [0, 0.1) is 41.9 Å². The van der Waals surface area contributed by atoms with E-state index in [1.165, 1.54) is 71.0 Å². The average molecular weight is 709 g/mol. The van der Waals surface area contributed by atoms with Crippen molar-refractivity contribution in [3.8, 4) is 73.6 Å². The second-order valence-corrected chi connectivity index (χ2v) is 16.4. The van der Waals surface area contributed by atoms with Gasteiger partial charge in [-0.2, -0.15) is 5.26 Å². The van der Waals surface area contributed by atoms with Gasteiger partial charge in [-0.15, -0.1) is 0 Å². The molecule has 4 fully saturated rings. The molecule has 1 heterocycles. The van der Waals surface area contributed by atoms with Crippen molar-refractivity contribution in [2.24, 2.45) is 23.7 Å². The number of benzene rings is 6. The number of nitrogens with zero attached hydrogens (tertiary/aromatic N) is 4. The van der Waals surface area contributed by atoms with Crippen LogP contribution >= 0.6 is 0 Å². The number of aromatic nitrogens is 3. The number of fused-ring (bicyclic) bond motifs is 3. The minimum absolute atomic E-state index is 0.0139. The van der Waals surface area contributed by atoms with Crippen molar-refractivity contribution in [1.82, 2.24) is 15.0 Å². The van der Waals surface area contributed by atoms with Crippen LogP contribution in [-0.4, -0.2) is 15.0 Å². The first-order valence-electron chi connectivity index (χ1n) is 19.8. The molecular weight excluding hydrogens is 669 g/mol. The summed E-state index contributed by atoms with van der Waals surface area (Å²) in [5, 5.41) is 10.4. The Balaban J connectivity index is 1.04. The van der Waals surface area contributed by atoms with Gasteiger partial charge >= 0.3 is 0 Å². The number of aryl methyl sites for hydroxylation is 1.